The minimum absolute atomic E-state index is 0.601. The predicted molar refractivity (Wildman–Crippen MR) is 160 cm³/mol. The zero-order valence-electron chi connectivity index (χ0n) is 18.3. The van der Waals surface area contributed by atoms with Crippen molar-refractivity contribution >= 4 is 105 Å². The number of aromatic nitrogens is 2. The van der Waals surface area contributed by atoms with Crippen LogP contribution in [0.4, 0.5) is 0 Å². The van der Waals surface area contributed by atoms with Crippen LogP contribution >= 0.6 is 105 Å². The van der Waals surface area contributed by atoms with Crippen LogP contribution in [-0.4, -0.2) is 9.97 Å². The lowest BCUT2D eigenvalue weighted by atomic mass is 10.2. The fraction of sp³-hybridized carbons (Fsp3) is 0.120. The van der Waals surface area contributed by atoms with Gasteiger partial charge in [-0.3, -0.25) is 0 Å². The minimum atomic E-state index is 0.601. The van der Waals surface area contributed by atoms with Crippen LogP contribution in [-0.2, 0) is 17.3 Å². The highest BCUT2D eigenvalue weighted by atomic mass is 35.5. The van der Waals surface area contributed by atoms with Gasteiger partial charge in [0.05, 0.1) is 0 Å². The lowest BCUT2D eigenvalue weighted by Crippen LogP contribution is -1.95. The molecule has 0 N–H and O–H groups in total. The highest BCUT2D eigenvalue weighted by Crippen LogP contribution is 2.34. The van der Waals surface area contributed by atoms with E-state index in [1.54, 1.807) is 41.7 Å². The zero-order chi connectivity index (χ0) is 25.7. The molecule has 0 atom stereocenters. The monoisotopic (exact) mass is 650 g/mol. The molecule has 4 aromatic rings. The van der Waals surface area contributed by atoms with E-state index in [0.29, 0.717) is 52.6 Å². The first-order valence-corrected chi connectivity index (χ1v) is 15.6. The number of rotatable bonds is 9. The topological polar surface area (TPSA) is 25.8 Å². The van der Waals surface area contributed by atoms with Crippen LogP contribution in [0.15, 0.2) is 75.9 Å². The van der Waals surface area contributed by atoms with Crippen LogP contribution in [0.5, 0.6) is 0 Å². The number of halogens is 6. The average Bonchev–Trinajstić information content (AvgIpc) is 2.82. The fourth-order valence-electron chi connectivity index (χ4n) is 2.96. The molecule has 11 heteroatoms. The van der Waals surface area contributed by atoms with Crippen LogP contribution in [0.1, 0.15) is 16.7 Å². The molecule has 4 rings (SSSR count). The molecule has 0 spiro atoms. The molecule has 1 aromatic heterocycles. The van der Waals surface area contributed by atoms with Gasteiger partial charge in [0.15, 0.2) is 5.16 Å². The van der Waals surface area contributed by atoms with E-state index >= 15 is 0 Å². The summed E-state index contributed by atoms with van der Waals surface area (Å²) in [5.74, 6) is 1.90. The summed E-state index contributed by atoms with van der Waals surface area (Å²) >= 11 is 41.9. The second-order valence-corrected chi connectivity index (χ2v) is 12.9. The molecule has 0 saturated carbocycles. The van der Waals surface area contributed by atoms with E-state index in [1.807, 2.05) is 42.5 Å². The van der Waals surface area contributed by atoms with Crippen molar-refractivity contribution in [1.29, 1.82) is 0 Å². The van der Waals surface area contributed by atoms with E-state index in [-0.39, 0.29) is 0 Å². The second kappa shape index (κ2) is 13.5. The third-order valence-electron chi connectivity index (χ3n) is 4.81. The maximum Gasteiger partial charge on any atom is 0.190 e. The van der Waals surface area contributed by atoms with Crippen molar-refractivity contribution in [1.82, 2.24) is 9.97 Å². The summed E-state index contributed by atoms with van der Waals surface area (Å²) < 4.78 is 0. The Labute approximate surface area is 252 Å². The van der Waals surface area contributed by atoms with Crippen molar-refractivity contribution in [3.63, 3.8) is 0 Å². The number of thioether (sulfide) groups is 3. The van der Waals surface area contributed by atoms with Crippen molar-refractivity contribution in [2.24, 2.45) is 0 Å². The van der Waals surface area contributed by atoms with E-state index < -0.39 is 0 Å². The standard InChI is InChI=1S/C25H16Cl6N2S3/c26-17-4-1-14(20(29)7-17)11-34-23-10-24(35-12-15-2-5-18(27)8-21(15)30)33-25(32-23)36-13-16-3-6-19(28)9-22(16)31/h1-10H,11-13H2. The van der Waals surface area contributed by atoms with Gasteiger partial charge in [0.2, 0.25) is 0 Å². The highest BCUT2D eigenvalue weighted by molar-refractivity contribution is 7.99. The molecule has 0 bridgehead atoms. The molecule has 0 amide bonds. The summed E-state index contributed by atoms with van der Waals surface area (Å²) in [6.07, 6.45) is 0. The lowest BCUT2D eigenvalue weighted by Gasteiger charge is -2.10. The van der Waals surface area contributed by atoms with Gasteiger partial charge in [0, 0.05) is 53.5 Å². The van der Waals surface area contributed by atoms with E-state index in [1.165, 1.54) is 11.8 Å². The SMILES string of the molecule is Clc1ccc(CSc2cc(SCc3ccc(Cl)cc3Cl)nc(SCc3ccc(Cl)cc3Cl)n2)c(Cl)c1. The molecule has 0 aliphatic heterocycles. The molecule has 0 unspecified atom stereocenters. The summed E-state index contributed by atoms with van der Waals surface area (Å²) in [4.78, 5) is 9.52. The first kappa shape index (κ1) is 28.5. The summed E-state index contributed by atoms with van der Waals surface area (Å²) in [5, 5.41) is 6.01. The number of hydrogen-bond acceptors (Lipinski definition) is 5. The summed E-state index contributed by atoms with van der Waals surface area (Å²) in [6.45, 7) is 0. The first-order valence-electron chi connectivity index (χ1n) is 10.4. The smallest absolute Gasteiger partial charge is 0.190 e. The van der Waals surface area contributed by atoms with Gasteiger partial charge in [0.1, 0.15) is 10.1 Å². The Bertz CT molecular complexity index is 1210. The van der Waals surface area contributed by atoms with Crippen LogP contribution < -0.4 is 0 Å². The molecule has 0 aliphatic rings. The molecular formula is C25H16Cl6N2S3. The van der Waals surface area contributed by atoms with Gasteiger partial charge in [0.25, 0.3) is 0 Å². The van der Waals surface area contributed by atoms with E-state index in [0.717, 1.165) is 26.7 Å². The van der Waals surface area contributed by atoms with Crippen molar-refractivity contribution in [2.45, 2.75) is 32.5 Å². The molecule has 0 fully saturated rings. The van der Waals surface area contributed by atoms with Gasteiger partial charge in [-0.25, -0.2) is 9.97 Å². The largest absolute Gasteiger partial charge is 0.216 e. The number of hydrogen-bond donors (Lipinski definition) is 0. The Hall–Kier alpha value is -0.470. The van der Waals surface area contributed by atoms with Crippen LogP contribution in [0.25, 0.3) is 0 Å². The Kier molecular flexibility index (Phi) is 10.7. The zero-order valence-corrected chi connectivity index (χ0v) is 25.3. The molecule has 3 aromatic carbocycles. The molecule has 1 heterocycles. The molecular weight excluding hydrogens is 637 g/mol. The molecule has 2 nitrogen and oxygen atoms in total. The van der Waals surface area contributed by atoms with Gasteiger partial charge in [-0.15, -0.1) is 23.5 Å². The Balaban J connectivity index is 1.54. The minimum Gasteiger partial charge on any atom is -0.216 e. The average molecular weight is 653 g/mol. The molecule has 186 valence electrons. The maximum absolute atomic E-state index is 6.36. The van der Waals surface area contributed by atoms with Crippen molar-refractivity contribution in [3.05, 3.63) is 107 Å². The van der Waals surface area contributed by atoms with E-state index in [9.17, 15) is 0 Å². The van der Waals surface area contributed by atoms with Gasteiger partial charge in [-0.05, 0) is 53.1 Å². The number of nitrogens with zero attached hydrogens (tertiary/aromatic N) is 2. The fourth-order valence-corrected chi connectivity index (χ4v) is 7.48. The predicted octanol–water partition coefficient (Wildman–Crippen LogP) is 11.3. The van der Waals surface area contributed by atoms with Crippen LogP contribution in [0.3, 0.4) is 0 Å². The lowest BCUT2D eigenvalue weighted by molar-refractivity contribution is 0.828. The maximum atomic E-state index is 6.36. The summed E-state index contributed by atoms with van der Waals surface area (Å²) in [6, 6.07) is 18.4. The Morgan fingerprint density at radius 3 is 1.19 bits per heavy atom. The van der Waals surface area contributed by atoms with Crippen molar-refractivity contribution < 1.29 is 0 Å². The van der Waals surface area contributed by atoms with E-state index in [2.05, 4.69) is 0 Å². The van der Waals surface area contributed by atoms with Gasteiger partial charge in [-0.1, -0.05) is 99.6 Å². The first-order chi connectivity index (χ1) is 17.3. The van der Waals surface area contributed by atoms with Crippen LogP contribution in [0, 0.1) is 0 Å². The summed E-state index contributed by atoms with van der Waals surface area (Å²) in [5.41, 5.74) is 2.92. The second-order valence-electron chi connectivity index (χ2n) is 7.40. The molecule has 0 aliphatic carbocycles. The van der Waals surface area contributed by atoms with Gasteiger partial charge in [-0.2, -0.15) is 0 Å². The summed E-state index contributed by atoms with van der Waals surface area (Å²) in [7, 11) is 0. The quantitative estimate of drug-likeness (QED) is 0.102. The van der Waals surface area contributed by atoms with Crippen LogP contribution in [0.2, 0.25) is 30.1 Å². The van der Waals surface area contributed by atoms with Gasteiger partial charge >= 0.3 is 0 Å². The van der Waals surface area contributed by atoms with E-state index in [4.69, 9.17) is 79.6 Å². The normalized spacial score (nSPS) is 11.2. The molecule has 0 saturated heterocycles. The number of benzene rings is 3. The Morgan fingerprint density at radius 1 is 0.472 bits per heavy atom. The third-order valence-corrected chi connectivity index (χ3v) is 9.39. The van der Waals surface area contributed by atoms with Crippen molar-refractivity contribution in [3.8, 4) is 0 Å². The van der Waals surface area contributed by atoms with Gasteiger partial charge < -0.3 is 0 Å². The molecule has 36 heavy (non-hydrogen) atoms. The molecule has 0 radical (unpaired) electrons. The highest BCUT2D eigenvalue weighted by Gasteiger charge is 2.12. The van der Waals surface area contributed by atoms with Crippen molar-refractivity contribution in [2.75, 3.05) is 0 Å². The third kappa shape index (κ3) is 8.26. The Morgan fingerprint density at radius 2 is 0.833 bits per heavy atom.